The van der Waals surface area contributed by atoms with E-state index in [4.69, 9.17) is 16.6 Å². The minimum absolute atomic E-state index is 0.503. The third-order valence-electron chi connectivity index (χ3n) is 6.89. The first-order valence-corrected chi connectivity index (χ1v) is 11.7. The molecule has 4 aromatic rings. The zero-order valence-corrected chi connectivity index (χ0v) is 18.2. The monoisotopic (exact) mass is 431 g/mol. The van der Waals surface area contributed by atoms with Gasteiger partial charge in [-0.1, -0.05) is 23.7 Å². The van der Waals surface area contributed by atoms with Crippen molar-refractivity contribution in [1.29, 1.82) is 0 Å². The number of nitrogens with zero attached hydrogens (tertiary/aromatic N) is 4. The Morgan fingerprint density at radius 3 is 2.84 bits per heavy atom. The molecule has 6 heteroatoms. The summed E-state index contributed by atoms with van der Waals surface area (Å²) in [5.74, 6) is 1.75. The number of fused-ring (bicyclic) bond motifs is 2. The molecule has 2 aliphatic carbocycles. The molecule has 0 spiro atoms. The summed E-state index contributed by atoms with van der Waals surface area (Å²) in [6.45, 7) is 0. The second kappa shape index (κ2) is 7.79. The van der Waals surface area contributed by atoms with Crippen molar-refractivity contribution < 1.29 is 0 Å². The highest BCUT2D eigenvalue weighted by molar-refractivity contribution is 6.33. The molecule has 0 radical (unpaired) electrons. The Labute approximate surface area is 186 Å². The highest BCUT2D eigenvalue weighted by Gasteiger charge is 2.27. The van der Waals surface area contributed by atoms with Gasteiger partial charge in [-0.05, 0) is 80.7 Å². The van der Waals surface area contributed by atoms with Crippen LogP contribution in [0.1, 0.15) is 50.1 Å². The van der Waals surface area contributed by atoms with Crippen LogP contribution in [0.25, 0.3) is 21.9 Å². The van der Waals surface area contributed by atoms with Gasteiger partial charge in [-0.15, -0.1) is 0 Å². The van der Waals surface area contributed by atoms with E-state index < -0.39 is 0 Å². The molecule has 2 fully saturated rings. The van der Waals surface area contributed by atoms with E-state index in [2.05, 4.69) is 56.4 Å². The van der Waals surface area contributed by atoms with E-state index >= 15 is 0 Å². The Hall–Kier alpha value is -2.66. The molecule has 158 valence electrons. The minimum Gasteiger partial charge on any atom is -0.367 e. The van der Waals surface area contributed by atoms with E-state index in [0.29, 0.717) is 17.2 Å². The first-order chi connectivity index (χ1) is 15.2. The van der Waals surface area contributed by atoms with Crippen molar-refractivity contribution in [2.24, 2.45) is 5.92 Å². The standard InChI is InChI=1S/C25H26ClN5/c26-24-21-11-12-31(25(21)28-15-27-24)20-9-4-16(13-20)1-2-17-3-5-18-6-10-23(29-19-7-8-19)30-22(18)14-17/h3,5-6,10-12,14-16,19-20H,1-2,4,7-9,13H2,(H,29,30). The number of aromatic nitrogens is 4. The van der Waals surface area contributed by atoms with Crippen LogP contribution in [-0.2, 0) is 6.42 Å². The minimum atomic E-state index is 0.503. The van der Waals surface area contributed by atoms with Gasteiger partial charge in [0.1, 0.15) is 22.9 Å². The number of aryl methyl sites for hydroxylation is 1. The lowest BCUT2D eigenvalue weighted by Crippen LogP contribution is -2.06. The first kappa shape index (κ1) is 19.1. The zero-order chi connectivity index (χ0) is 20.8. The summed E-state index contributed by atoms with van der Waals surface area (Å²) >= 11 is 6.23. The van der Waals surface area contributed by atoms with Crippen LogP contribution in [0.5, 0.6) is 0 Å². The molecule has 5 nitrogen and oxygen atoms in total. The number of nitrogens with one attached hydrogen (secondary N) is 1. The molecule has 1 aromatic carbocycles. The van der Waals surface area contributed by atoms with Gasteiger partial charge in [-0.2, -0.15) is 0 Å². The van der Waals surface area contributed by atoms with Crippen LogP contribution in [0.2, 0.25) is 5.15 Å². The average molecular weight is 432 g/mol. The van der Waals surface area contributed by atoms with Crippen molar-refractivity contribution in [2.45, 2.75) is 57.0 Å². The molecule has 3 heterocycles. The fraction of sp³-hybridized carbons (Fsp3) is 0.400. The number of benzene rings is 1. The van der Waals surface area contributed by atoms with Gasteiger partial charge in [0, 0.05) is 23.7 Å². The highest BCUT2D eigenvalue weighted by Crippen LogP contribution is 2.39. The lowest BCUT2D eigenvalue weighted by Gasteiger charge is -2.14. The van der Waals surface area contributed by atoms with Gasteiger partial charge in [0.15, 0.2) is 0 Å². The summed E-state index contributed by atoms with van der Waals surface area (Å²) < 4.78 is 2.30. The molecule has 3 aromatic heterocycles. The second-order valence-corrected chi connectivity index (χ2v) is 9.50. The topological polar surface area (TPSA) is 55.6 Å². The Balaban J connectivity index is 1.12. The van der Waals surface area contributed by atoms with Gasteiger partial charge in [0.05, 0.1) is 10.9 Å². The number of halogens is 1. The largest absolute Gasteiger partial charge is 0.367 e. The van der Waals surface area contributed by atoms with E-state index in [1.807, 2.05) is 6.07 Å². The van der Waals surface area contributed by atoms with Crippen molar-refractivity contribution in [2.75, 3.05) is 5.32 Å². The van der Waals surface area contributed by atoms with Crippen LogP contribution in [0.4, 0.5) is 5.82 Å². The lowest BCUT2D eigenvalue weighted by atomic mass is 9.97. The third kappa shape index (κ3) is 3.87. The predicted molar refractivity (Wildman–Crippen MR) is 126 cm³/mol. The van der Waals surface area contributed by atoms with E-state index in [9.17, 15) is 0 Å². The molecule has 0 saturated heterocycles. The third-order valence-corrected chi connectivity index (χ3v) is 7.20. The normalized spacial score (nSPS) is 21.2. The van der Waals surface area contributed by atoms with Crippen LogP contribution < -0.4 is 5.32 Å². The van der Waals surface area contributed by atoms with E-state index in [1.165, 1.54) is 49.5 Å². The molecule has 1 N–H and O–H groups in total. The Bertz CT molecular complexity index is 1250. The van der Waals surface area contributed by atoms with Crippen LogP contribution >= 0.6 is 11.6 Å². The molecule has 2 unspecified atom stereocenters. The van der Waals surface area contributed by atoms with Crippen LogP contribution in [0.3, 0.4) is 0 Å². The Kier molecular flexibility index (Phi) is 4.79. The SMILES string of the molecule is Clc1ncnc2c1ccn2C1CCC(CCc2ccc3ccc(NC4CC4)nc3c2)C1. The van der Waals surface area contributed by atoms with E-state index in [0.717, 1.165) is 34.7 Å². The number of hydrogen-bond donors (Lipinski definition) is 1. The maximum atomic E-state index is 6.23. The molecule has 2 atom stereocenters. The summed E-state index contributed by atoms with van der Waals surface area (Å²) in [5, 5.41) is 6.21. The second-order valence-electron chi connectivity index (χ2n) is 9.14. The highest BCUT2D eigenvalue weighted by atomic mass is 35.5. The number of rotatable bonds is 6. The molecular weight excluding hydrogens is 406 g/mol. The van der Waals surface area contributed by atoms with Gasteiger partial charge in [0.2, 0.25) is 0 Å². The molecule has 0 bridgehead atoms. The predicted octanol–water partition coefficient (Wildman–Crippen LogP) is 6.18. The van der Waals surface area contributed by atoms with Crippen molar-refractivity contribution in [3.63, 3.8) is 0 Å². The summed E-state index contributed by atoms with van der Waals surface area (Å²) in [4.78, 5) is 13.4. The van der Waals surface area contributed by atoms with Crippen molar-refractivity contribution in [1.82, 2.24) is 19.5 Å². The molecule has 0 aliphatic heterocycles. The van der Waals surface area contributed by atoms with Gasteiger partial charge < -0.3 is 9.88 Å². The number of hydrogen-bond acceptors (Lipinski definition) is 4. The molecule has 6 rings (SSSR count). The van der Waals surface area contributed by atoms with Crippen molar-refractivity contribution in [3.05, 3.63) is 59.6 Å². The van der Waals surface area contributed by atoms with Crippen LogP contribution in [-0.4, -0.2) is 25.6 Å². The molecule has 2 saturated carbocycles. The smallest absolute Gasteiger partial charge is 0.145 e. The Morgan fingerprint density at radius 2 is 1.94 bits per heavy atom. The van der Waals surface area contributed by atoms with Crippen molar-refractivity contribution >= 4 is 39.4 Å². The summed E-state index contributed by atoms with van der Waals surface area (Å²) in [7, 11) is 0. The van der Waals surface area contributed by atoms with Gasteiger partial charge in [-0.3, -0.25) is 0 Å². The van der Waals surface area contributed by atoms with Gasteiger partial charge in [-0.25, -0.2) is 15.0 Å². The molecular formula is C25H26ClN5. The van der Waals surface area contributed by atoms with E-state index in [-0.39, 0.29) is 0 Å². The quantitative estimate of drug-likeness (QED) is 0.370. The van der Waals surface area contributed by atoms with E-state index in [1.54, 1.807) is 6.33 Å². The van der Waals surface area contributed by atoms with Crippen LogP contribution in [0, 0.1) is 5.92 Å². The maximum absolute atomic E-state index is 6.23. The molecule has 2 aliphatic rings. The fourth-order valence-corrected chi connectivity index (χ4v) is 5.20. The van der Waals surface area contributed by atoms with Gasteiger partial charge in [0.25, 0.3) is 0 Å². The first-order valence-electron chi connectivity index (χ1n) is 11.4. The summed E-state index contributed by atoms with van der Waals surface area (Å²) in [5.41, 5.74) is 3.45. The fourth-order valence-electron chi connectivity index (χ4n) is 5.00. The lowest BCUT2D eigenvalue weighted by molar-refractivity contribution is 0.461. The maximum Gasteiger partial charge on any atom is 0.145 e. The number of pyridine rings is 1. The summed E-state index contributed by atoms with van der Waals surface area (Å²) in [6.07, 6.45) is 12.2. The average Bonchev–Trinajstić information content (AvgIpc) is 3.29. The summed E-state index contributed by atoms with van der Waals surface area (Å²) in [6, 6.07) is 14.2. The zero-order valence-electron chi connectivity index (χ0n) is 17.5. The molecule has 31 heavy (non-hydrogen) atoms. The van der Waals surface area contributed by atoms with Gasteiger partial charge >= 0.3 is 0 Å². The number of anilines is 1. The van der Waals surface area contributed by atoms with Crippen LogP contribution in [0.15, 0.2) is 48.9 Å². The molecule has 0 amide bonds. The van der Waals surface area contributed by atoms with Crippen molar-refractivity contribution in [3.8, 4) is 0 Å². The Morgan fingerprint density at radius 1 is 1.03 bits per heavy atom.